The number of aromatic nitrogens is 3. The number of aryl methyl sites for hydroxylation is 1. The van der Waals surface area contributed by atoms with Gasteiger partial charge in [0, 0.05) is 27.8 Å². The first-order chi connectivity index (χ1) is 11.2. The summed E-state index contributed by atoms with van der Waals surface area (Å²) in [7, 11) is 0. The zero-order valence-corrected chi connectivity index (χ0v) is 14.2. The average Bonchev–Trinajstić information content (AvgIpc) is 3.22. The number of aromatic amines is 1. The van der Waals surface area contributed by atoms with Crippen molar-refractivity contribution in [3.63, 3.8) is 0 Å². The Balaban J connectivity index is 1.52. The standard InChI is InChI=1S/C16H16N4OS2/c1-11-19-14(9-22-11)10-23-15-4-2-12(3-5-15)16(21)17-8-13-6-7-18-20-13/h2-7,9H,8,10H2,1H3,(H,17,21)(H,18,20). The van der Waals surface area contributed by atoms with E-state index in [2.05, 4.69) is 25.9 Å². The maximum absolute atomic E-state index is 12.1. The van der Waals surface area contributed by atoms with Crippen molar-refractivity contribution in [2.45, 2.75) is 24.1 Å². The highest BCUT2D eigenvalue weighted by Gasteiger charge is 2.06. The van der Waals surface area contributed by atoms with Gasteiger partial charge in [-0.1, -0.05) is 0 Å². The van der Waals surface area contributed by atoms with E-state index in [0.717, 1.165) is 27.0 Å². The van der Waals surface area contributed by atoms with Gasteiger partial charge >= 0.3 is 0 Å². The summed E-state index contributed by atoms with van der Waals surface area (Å²) in [6.45, 7) is 2.45. The SMILES string of the molecule is Cc1nc(CSc2ccc(C(=O)NCc3ccn[nH]3)cc2)cs1. The van der Waals surface area contributed by atoms with Crippen LogP contribution in [0.2, 0.25) is 0 Å². The number of amides is 1. The number of hydrogen-bond acceptors (Lipinski definition) is 5. The molecule has 1 aromatic carbocycles. The van der Waals surface area contributed by atoms with Crippen LogP contribution in [0.5, 0.6) is 0 Å². The zero-order chi connectivity index (χ0) is 16.1. The number of hydrogen-bond donors (Lipinski definition) is 2. The molecule has 5 nitrogen and oxygen atoms in total. The van der Waals surface area contributed by atoms with Crippen molar-refractivity contribution in [2.24, 2.45) is 0 Å². The van der Waals surface area contributed by atoms with E-state index >= 15 is 0 Å². The topological polar surface area (TPSA) is 70.7 Å². The van der Waals surface area contributed by atoms with Gasteiger partial charge in [-0.05, 0) is 37.3 Å². The molecule has 0 unspecified atom stereocenters. The Bertz CT molecular complexity index is 766. The molecule has 0 fully saturated rings. The number of benzene rings is 1. The van der Waals surface area contributed by atoms with E-state index in [4.69, 9.17) is 0 Å². The molecule has 118 valence electrons. The first kappa shape index (κ1) is 15.8. The molecule has 0 spiro atoms. The van der Waals surface area contributed by atoms with Crippen molar-refractivity contribution in [1.29, 1.82) is 0 Å². The van der Waals surface area contributed by atoms with Crippen molar-refractivity contribution in [3.05, 3.63) is 63.9 Å². The third kappa shape index (κ3) is 4.43. The number of H-pyrrole nitrogens is 1. The summed E-state index contributed by atoms with van der Waals surface area (Å²) in [5, 5.41) is 12.7. The number of carbonyl (C=O) groups is 1. The van der Waals surface area contributed by atoms with Crippen molar-refractivity contribution < 1.29 is 4.79 Å². The van der Waals surface area contributed by atoms with Crippen LogP contribution in [0.4, 0.5) is 0 Å². The Kier molecular flexibility index (Phi) is 5.09. The fourth-order valence-corrected chi connectivity index (χ4v) is 3.50. The predicted octanol–water partition coefficient (Wildman–Crippen LogP) is 3.40. The molecule has 3 aromatic rings. The van der Waals surface area contributed by atoms with E-state index in [1.54, 1.807) is 29.3 Å². The Morgan fingerprint density at radius 3 is 2.78 bits per heavy atom. The van der Waals surface area contributed by atoms with Gasteiger partial charge in [0.05, 0.1) is 22.9 Å². The molecule has 0 aliphatic carbocycles. The highest BCUT2D eigenvalue weighted by atomic mass is 32.2. The molecule has 3 rings (SSSR count). The summed E-state index contributed by atoms with van der Waals surface area (Å²) in [6.07, 6.45) is 1.66. The van der Waals surface area contributed by atoms with Crippen LogP contribution in [0.3, 0.4) is 0 Å². The summed E-state index contributed by atoms with van der Waals surface area (Å²) >= 11 is 3.38. The van der Waals surface area contributed by atoms with Crippen LogP contribution in [0.1, 0.15) is 26.8 Å². The summed E-state index contributed by atoms with van der Waals surface area (Å²) in [5.74, 6) is 0.752. The number of carbonyl (C=O) groups excluding carboxylic acids is 1. The van der Waals surface area contributed by atoms with Crippen molar-refractivity contribution in [3.8, 4) is 0 Å². The quantitative estimate of drug-likeness (QED) is 0.672. The second-order valence-electron chi connectivity index (χ2n) is 4.94. The van der Waals surface area contributed by atoms with Crippen LogP contribution in [0.15, 0.2) is 46.8 Å². The van der Waals surface area contributed by atoms with E-state index < -0.39 is 0 Å². The highest BCUT2D eigenvalue weighted by Crippen LogP contribution is 2.23. The third-order valence-electron chi connectivity index (χ3n) is 3.17. The number of nitrogens with one attached hydrogen (secondary N) is 2. The summed E-state index contributed by atoms with van der Waals surface area (Å²) < 4.78 is 0. The smallest absolute Gasteiger partial charge is 0.251 e. The molecule has 0 saturated carbocycles. The van der Waals surface area contributed by atoms with Crippen LogP contribution in [0, 0.1) is 6.92 Å². The molecule has 0 atom stereocenters. The van der Waals surface area contributed by atoms with Crippen LogP contribution in [-0.2, 0) is 12.3 Å². The number of thioether (sulfide) groups is 1. The maximum Gasteiger partial charge on any atom is 0.251 e. The molecule has 2 aromatic heterocycles. The molecule has 2 N–H and O–H groups in total. The fraction of sp³-hybridized carbons (Fsp3) is 0.188. The lowest BCUT2D eigenvalue weighted by Crippen LogP contribution is -2.22. The van der Waals surface area contributed by atoms with Crippen molar-refractivity contribution >= 4 is 29.0 Å². The van der Waals surface area contributed by atoms with E-state index in [0.29, 0.717) is 12.1 Å². The largest absolute Gasteiger partial charge is 0.346 e. The van der Waals surface area contributed by atoms with E-state index in [9.17, 15) is 4.79 Å². The molecule has 2 heterocycles. The molecule has 0 bridgehead atoms. The zero-order valence-electron chi connectivity index (χ0n) is 12.6. The Hall–Kier alpha value is -2.12. The van der Waals surface area contributed by atoms with Gasteiger partial charge < -0.3 is 5.32 Å². The van der Waals surface area contributed by atoms with Crippen LogP contribution in [-0.4, -0.2) is 21.1 Å². The summed E-state index contributed by atoms with van der Waals surface area (Å²) in [4.78, 5) is 17.6. The van der Waals surface area contributed by atoms with Crippen molar-refractivity contribution in [1.82, 2.24) is 20.5 Å². The van der Waals surface area contributed by atoms with Gasteiger partial charge in [0.25, 0.3) is 5.91 Å². The third-order valence-corrected chi connectivity index (χ3v) is 5.04. The minimum absolute atomic E-state index is 0.0914. The van der Waals surface area contributed by atoms with Gasteiger partial charge in [-0.15, -0.1) is 23.1 Å². The maximum atomic E-state index is 12.1. The van der Waals surface area contributed by atoms with E-state index in [-0.39, 0.29) is 5.91 Å². The summed E-state index contributed by atoms with van der Waals surface area (Å²) in [5.41, 5.74) is 2.63. The second kappa shape index (κ2) is 7.43. The van der Waals surface area contributed by atoms with Gasteiger partial charge in [0.2, 0.25) is 0 Å². The first-order valence-electron chi connectivity index (χ1n) is 7.11. The van der Waals surface area contributed by atoms with E-state index in [1.807, 2.05) is 37.3 Å². The summed E-state index contributed by atoms with van der Waals surface area (Å²) in [6, 6.07) is 9.46. The molecular weight excluding hydrogens is 328 g/mol. The van der Waals surface area contributed by atoms with Crippen LogP contribution >= 0.6 is 23.1 Å². The minimum atomic E-state index is -0.0914. The second-order valence-corrected chi connectivity index (χ2v) is 7.05. The Labute approximate surface area is 142 Å². The predicted molar refractivity (Wildman–Crippen MR) is 92.6 cm³/mol. The minimum Gasteiger partial charge on any atom is -0.346 e. The Morgan fingerprint density at radius 2 is 2.13 bits per heavy atom. The van der Waals surface area contributed by atoms with Gasteiger partial charge in [-0.3, -0.25) is 9.89 Å². The lowest BCUT2D eigenvalue weighted by Gasteiger charge is -2.05. The molecule has 0 radical (unpaired) electrons. The molecule has 0 aliphatic heterocycles. The fourth-order valence-electron chi connectivity index (χ4n) is 2.00. The number of nitrogens with zero attached hydrogens (tertiary/aromatic N) is 2. The Morgan fingerprint density at radius 1 is 1.30 bits per heavy atom. The van der Waals surface area contributed by atoms with Crippen LogP contribution < -0.4 is 5.32 Å². The molecule has 0 saturated heterocycles. The first-order valence-corrected chi connectivity index (χ1v) is 8.97. The normalized spacial score (nSPS) is 10.7. The lowest BCUT2D eigenvalue weighted by molar-refractivity contribution is 0.0950. The lowest BCUT2D eigenvalue weighted by atomic mass is 10.2. The molecular formula is C16H16N4OS2. The van der Waals surface area contributed by atoms with Crippen LogP contribution in [0.25, 0.3) is 0 Å². The van der Waals surface area contributed by atoms with Gasteiger partial charge in [0.15, 0.2) is 0 Å². The van der Waals surface area contributed by atoms with Gasteiger partial charge in [-0.25, -0.2) is 4.98 Å². The number of thiazole rings is 1. The van der Waals surface area contributed by atoms with E-state index in [1.165, 1.54) is 0 Å². The van der Waals surface area contributed by atoms with Gasteiger partial charge in [0.1, 0.15) is 0 Å². The molecule has 23 heavy (non-hydrogen) atoms. The number of rotatable bonds is 6. The average molecular weight is 344 g/mol. The highest BCUT2D eigenvalue weighted by molar-refractivity contribution is 7.98. The monoisotopic (exact) mass is 344 g/mol. The molecule has 1 amide bonds. The van der Waals surface area contributed by atoms with Crippen molar-refractivity contribution in [2.75, 3.05) is 0 Å². The molecule has 0 aliphatic rings. The molecule has 7 heteroatoms. The van der Waals surface area contributed by atoms with Gasteiger partial charge in [-0.2, -0.15) is 5.10 Å².